The number of carbonyl (C=O) groups excluding carboxylic acids is 2. The predicted molar refractivity (Wildman–Crippen MR) is 134 cm³/mol. The van der Waals surface area contributed by atoms with Gasteiger partial charge in [0.15, 0.2) is 6.61 Å². The molecule has 4 rings (SSSR count). The second-order valence-corrected chi connectivity index (χ2v) is 9.22. The lowest BCUT2D eigenvalue weighted by Crippen LogP contribution is -2.39. The van der Waals surface area contributed by atoms with Crippen LogP contribution in [0.25, 0.3) is 0 Å². The first-order chi connectivity index (χ1) is 16.5. The Kier molecular flexibility index (Phi) is 7.53. The number of nitrogens with one attached hydrogen (secondary N) is 1. The number of aromatic nitrogens is 1. The number of pyridine rings is 1. The second kappa shape index (κ2) is 10.7. The van der Waals surface area contributed by atoms with Gasteiger partial charge in [0.1, 0.15) is 5.75 Å². The zero-order chi connectivity index (χ0) is 24.1. The van der Waals surface area contributed by atoms with Crippen molar-refractivity contribution in [3.8, 4) is 5.75 Å². The fourth-order valence-corrected chi connectivity index (χ4v) is 4.73. The van der Waals surface area contributed by atoms with E-state index in [2.05, 4.69) is 10.3 Å². The minimum Gasteiger partial charge on any atom is -0.484 e. The number of hydrogen-bond donors (Lipinski definition) is 1. The number of benzene rings is 2. The van der Waals surface area contributed by atoms with Crippen molar-refractivity contribution in [1.29, 1.82) is 0 Å². The molecule has 0 saturated carbocycles. The predicted octanol–water partition coefficient (Wildman–Crippen LogP) is 4.31. The van der Waals surface area contributed by atoms with Crippen LogP contribution < -0.4 is 10.1 Å². The van der Waals surface area contributed by atoms with E-state index in [0.717, 1.165) is 33.7 Å². The van der Waals surface area contributed by atoms with Gasteiger partial charge in [-0.3, -0.25) is 14.6 Å². The number of thioether (sulfide) groups is 1. The highest BCUT2D eigenvalue weighted by Gasteiger charge is 2.24. The fraction of sp³-hybridized carbons (Fsp3) is 0.296. The zero-order valence-electron chi connectivity index (χ0n) is 19.8. The molecule has 1 aliphatic heterocycles. The third kappa shape index (κ3) is 5.42. The normalized spacial score (nSPS) is 12.7. The van der Waals surface area contributed by atoms with E-state index in [1.54, 1.807) is 11.8 Å². The van der Waals surface area contributed by atoms with Crippen molar-refractivity contribution in [3.05, 3.63) is 88.2 Å². The number of nitrogens with zero attached hydrogens (tertiary/aromatic N) is 2. The first-order valence-electron chi connectivity index (χ1n) is 11.3. The summed E-state index contributed by atoms with van der Waals surface area (Å²) >= 11 is 1.56. The van der Waals surface area contributed by atoms with Crippen LogP contribution in [0.1, 0.15) is 38.3 Å². The van der Waals surface area contributed by atoms with Crippen LogP contribution in [0.15, 0.2) is 59.6 Å². The molecule has 1 aliphatic rings. The average molecular weight is 476 g/mol. The van der Waals surface area contributed by atoms with Crippen molar-refractivity contribution in [2.24, 2.45) is 0 Å². The van der Waals surface area contributed by atoms with Crippen molar-refractivity contribution in [2.75, 3.05) is 19.4 Å². The lowest BCUT2D eigenvalue weighted by atomic mass is 9.94. The maximum Gasteiger partial charge on any atom is 0.260 e. The van der Waals surface area contributed by atoms with Crippen LogP contribution >= 0.6 is 11.8 Å². The van der Waals surface area contributed by atoms with E-state index in [9.17, 15) is 9.59 Å². The van der Waals surface area contributed by atoms with Crippen LogP contribution in [0.5, 0.6) is 5.75 Å². The molecular formula is C27H29N3O3S. The van der Waals surface area contributed by atoms with E-state index in [4.69, 9.17) is 4.74 Å². The molecule has 0 atom stereocenters. The molecule has 176 valence electrons. The SMILES string of the molecule is CSc1ccccc1C(=O)NCc1c(C)ncc2c1CCN(C(=O)COc1ccc(C)cc1)C2. The van der Waals surface area contributed by atoms with Crippen LogP contribution in [0, 0.1) is 13.8 Å². The largest absolute Gasteiger partial charge is 0.484 e. The molecule has 3 aromatic rings. The molecule has 34 heavy (non-hydrogen) atoms. The highest BCUT2D eigenvalue weighted by molar-refractivity contribution is 7.98. The van der Waals surface area contributed by atoms with Crippen LogP contribution in [-0.4, -0.2) is 41.1 Å². The maximum atomic E-state index is 12.8. The molecule has 1 aromatic heterocycles. The molecule has 2 heterocycles. The van der Waals surface area contributed by atoms with Gasteiger partial charge >= 0.3 is 0 Å². The van der Waals surface area contributed by atoms with Gasteiger partial charge in [-0.1, -0.05) is 29.8 Å². The first kappa shape index (κ1) is 23.8. The van der Waals surface area contributed by atoms with Crippen LogP contribution in [-0.2, 0) is 24.3 Å². The van der Waals surface area contributed by atoms with Gasteiger partial charge in [0.05, 0.1) is 5.56 Å². The van der Waals surface area contributed by atoms with E-state index in [0.29, 0.717) is 30.9 Å². The standard InChI is InChI=1S/C27H29N3O3S/c1-18-8-10-21(11-9-18)33-17-26(31)30-13-12-22-20(16-30)14-28-19(2)24(22)15-29-27(32)23-6-4-5-7-25(23)34-3/h4-11,14H,12-13,15-17H2,1-3H3,(H,29,32). The summed E-state index contributed by atoms with van der Waals surface area (Å²) in [4.78, 5) is 32.9. The smallest absolute Gasteiger partial charge is 0.260 e. The van der Waals surface area contributed by atoms with Crippen LogP contribution in [0.2, 0.25) is 0 Å². The molecule has 0 unspecified atom stereocenters. The van der Waals surface area contributed by atoms with Crippen molar-refractivity contribution in [3.63, 3.8) is 0 Å². The van der Waals surface area contributed by atoms with Crippen molar-refractivity contribution in [1.82, 2.24) is 15.2 Å². The van der Waals surface area contributed by atoms with Gasteiger partial charge in [-0.15, -0.1) is 11.8 Å². The van der Waals surface area contributed by atoms with Crippen LogP contribution in [0.4, 0.5) is 0 Å². The topological polar surface area (TPSA) is 71.5 Å². The zero-order valence-corrected chi connectivity index (χ0v) is 20.6. The number of carbonyl (C=O) groups is 2. The molecule has 0 spiro atoms. The number of hydrogen-bond acceptors (Lipinski definition) is 5. The lowest BCUT2D eigenvalue weighted by Gasteiger charge is -2.30. The van der Waals surface area contributed by atoms with Gasteiger partial charge in [0.2, 0.25) is 0 Å². The molecule has 0 aliphatic carbocycles. The summed E-state index contributed by atoms with van der Waals surface area (Å²) in [6.07, 6.45) is 4.54. The highest BCUT2D eigenvalue weighted by Crippen LogP contribution is 2.25. The Hall–Kier alpha value is -3.32. The van der Waals surface area contributed by atoms with Crippen molar-refractivity contribution < 1.29 is 14.3 Å². The molecule has 0 bridgehead atoms. The Labute approximate surface area is 204 Å². The summed E-state index contributed by atoms with van der Waals surface area (Å²) in [5.41, 5.74) is 5.96. The van der Waals surface area contributed by atoms with Gasteiger partial charge in [-0.25, -0.2) is 0 Å². The van der Waals surface area contributed by atoms with Crippen molar-refractivity contribution in [2.45, 2.75) is 38.3 Å². The molecule has 2 amide bonds. The maximum absolute atomic E-state index is 12.8. The summed E-state index contributed by atoms with van der Waals surface area (Å²) in [5, 5.41) is 3.06. The van der Waals surface area contributed by atoms with E-state index < -0.39 is 0 Å². The molecule has 0 fully saturated rings. The highest BCUT2D eigenvalue weighted by atomic mass is 32.2. The Morgan fingerprint density at radius 1 is 1.12 bits per heavy atom. The average Bonchev–Trinajstić information content (AvgIpc) is 2.87. The van der Waals surface area contributed by atoms with Crippen LogP contribution in [0.3, 0.4) is 0 Å². The number of ether oxygens (including phenoxy) is 1. The Morgan fingerprint density at radius 2 is 1.88 bits per heavy atom. The number of amides is 2. The second-order valence-electron chi connectivity index (χ2n) is 8.38. The molecule has 7 heteroatoms. The third-order valence-corrected chi connectivity index (χ3v) is 6.90. The number of rotatable bonds is 7. The first-order valence-corrected chi connectivity index (χ1v) is 12.5. The Bertz CT molecular complexity index is 1190. The lowest BCUT2D eigenvalue weighted by molar-refractivity contribution is -0.134. The van der Waals surface area contributed by atoms with Gasteiger partial charge in [-0.2, -0.15) is 0 Å². The van der Waals surface area contributed by atoms with Gasteiger partial charge in [-0.05, 0) is 67.5 Å². The molecule has 0 saturated heterocycles. The summed E-state index contributed by atoms with van der Waals surface area (Å²) in [5.74, 6) is 0.549. The quantitative estimate of drug-likeness (QED) is 0.516. The minimum atomic E-state index is -0.0946. The van der Waals surface area contributed by atoms with Gasteiger partial charge < -0.3 is 15.0 Å². The molecule has 0 radical (unpaired) electrons. The Morgan fingerprint density at radius 3 is 2.65 bits per heavy atom. The monoisotopic (exact) mass is 475 g/mol. The van der Waals surface area contributed by atoms with E-state index in [1.165, 1.54) is 5.56 Å². The molecule has 1 N–H and O–H groups in total. The Balaban J connectivity index is 1.41. The molecule has 2 aromatic carbocycles. The number of fused-ring (bicyclic) bond motifs is 1. The molecular weight excluding hydrogens is 446 g/mol. The van der Waals surface area contributed by atoms with E-state index in [1.807, 2.05) is 79.7 Å². The fourth-order valence-electron chi connectivity index (χ4n) is 4.14. The third-order valence-electron chi connectivity index (χ3n) is 6.11. The summed E-state index contributed by atoms with van der Waals surface area (Å²) in [6, 6.07) is 15.3. The van der Waals surface area contributed by atoms with Crippen molar-refractivity contribution >= 4 is 23.6 Å². The summed E-state index contributed by atoms with van der Waals surface area (Å²) in [6.45, 7) is 5.50. The molecule has 6 nitrogen and oxygen atoms in total. The summed E-state index contributed by atoms with van der Waals surface area (Å²) < 4.78 is 5.68. The summed E-state index contributed by atoms with van der Waals surface area (Å²) in [7, 11) is 0. The van der Waals surface area contributed by atoms with Gasteiger partial charge in [0.25, 0.3) is 11.8 Å². The minimum absolute atomic E-state index is 0.00937. The van der Waals surface area contributed by atoms with E-state index >= 15 is 0 Å². The number of aryl methyl sites for hydroxylation is 2. The van der Waals surface area contributed by atoms with Gasteiger partial charge in [0, 0.05) is 36.4 Å². The van der Waals surface area contributed by atoms with E-state index in [-0.39, 0.29) is 18.4 Å².